The topological polar surface area (TPSA) is 59.1 Å². The molecule has 1 heterocycles. The smallest absolute Gasteiger partial charge is 0.303 e. The standard InChI is InChI=1S/C23H29ClN2O4/c1-5-20(27)26(17-8-9-19(18(24)14-17)30-15-16-6-7-16)21(23(2,3)4)22(28)25-10-12-29-13-11-25/h1,8-9,14,16,21H,6-7,10-13,15H2,2-4H3. The monoisotopic (exact) mass is 432 g/mol. The number of carbonyl (C=O) groups excluding carboxylic acids is 2. The lowest BCUT2D eigenvalue weighted by atomic mass is 9.84. The first kappa shape index (κ1) is 22.5. The van der Waals surface area contributed by atoms with Crippen molar-refractivity contribution in [1.82, 2.24) is 4.90 Å². The lowest BCUT2D eigenvalue weighted by Gasteiger charge is -2.41. The fourth-order valence-electron chi connectivity index (χ4n) is 3.53. The highest BCUT2D eigenvalue weighted by atomic mass is 35.5. The normalized spacial score (nSPS) is 17.8. The number of hydrogen-bond donors (Lipinski definition) is 0. The van der Waals surface area contributed by atoms with Crippen LogP contribution in [0.15, 0.2) is 18.2 Å². The molecule has 0 radical (unpaired) electrons. The van der Waals surface area contributed by atoms with Crippen molar-refractivity contribution >= 4 is 29.1 Å². The summed E-state index contributed by atoms with van der Waals surface area (Å²) in [5.74, 6) is 2.59. The molecule has 6 nitrogen and oxygen atoms in total. The van der Waals surface area contributed by atoms with E-state index in [0.29, 0.717) is 55.3 Å². The second-order valence-corrected chi connectivity index (χ2v) is 9.30. The molecule has 2 amide bonds. The third kappa shape index (κ3) is 5.27. The molecule has 2 fully saturated rings. The second-order valence-electron chi connectivity index (χ2n) is 8.89. The summed E-state index contributed by atoms with van der Waals surface area (Å²) in [5, 5.41) is 0.384. The van der Waals surface area contributed by atoms with Crippen LogP contribution in [0, 0.1) is 23.7 Å². The summed E-state index contributed by atoms with van der Waals surface area (Å²) in [4.78, 5) is 29.4. The molecule has 7 heteroatoms. The molecule has 1 atom stereocenters. The maximum absolute atomic E-state index is 13.5. The summed E-state index contributed by atoms with van der Waals surface area (Å²) in [6, 6.07) is 4.32. The van der Waals surface area contributed by atoms with E-state index in [9.17, 15) is 9.59 Å². The number of amides is 2. The van der Waals surface area contributed by atoms with E-state index in [1.54, 1.807) is 23.1 Å². The molecule has 1 aliphatic heterocycles. The van der Waals surface area contributed by atoms with Crippen LogP contribution in [-0.2, 0) is 14.3 Å². The van der Waals surface area contributed by atoms with E-state index >= 15 is 0 Å². The van der Waals surface area contributed by atoms with Crippen LogP contribution in [0.25, 0.3) is 0 Å². The highest BCUT2D eigenvalue weighted by Crippen LogP contribution is 2.36. The predicted molar refractivity (Wildman–Crippen MR) is 117 cm³/mol. The van der Waals surface area contributed by atoms with Gasteiger partial charge in [0.2, 0.25) is 5.91 Å². The number of terminal acetylenes is 1. The van der Waals surface area contributed by atoms with Gasteiger partial charge in [0.1, 0.15) is 11.8 Å². The van der Waals surface area contributed by atoms with Crippen LogP contribution < -0.4 is 9.64 Å². The van der Waals surface area contributed by atoms with Gasteiger partial charge < -0.3 is 14.4 Å². The minimum Gasteiger partial charge on any atom is -0.492 e. The maximum Gasteiger partial charge on any atom is 0.303 e. The zero-order valence-corrected chi connectivity index (χ0v) is 18.6. The fourth-order valence-corrected chi connectivity index (χ4v) is 3.76. The molecule has 1 saturated carbocycles. The molecule has 1 aromatic rings. The van der Waals surface area contributed by atoms with E-state index in [0.717, 1.165) is 0 Å². The number of carbonyl (C=O) groups is 2. The first-order chi connectivity index (χ1) is 14.2. The molecule has 30 heavy (non-hydrogen) atoms. The van der Waals surface area contributed by atoms with Crippen molar-refractivity contribution in [2.24, 2.45) is 11.3 Å². The molecular weight excluding hydrogens is 404 g/mol. The van der Waals surface area contributed by atoms with Crippen LogP contribution in [-0.4, -0.2) is 55.7 Å². The van der Waals surface area contributed by atoms with Gasteiger partial charge in [0.05, 0.1) is 24.8 Å². The van der Waals surface area contributed by atoms with Gasteiger partial charge in [-0.25, -0.2) is 0 Å². The number of morpholine rings is 1. The van der Waals surface area contributed by atoms with Gasteiger partial charge in [-0.15, -0.1) is 6.42 Å². The Balaban J connectivity index is 1.93. The minimum atomic E-state index is -0.784. The van der Waals surface area contributed by atoms with Crippen molar-refractivity contribution in [3.8, 4) is 18.1 Å². The van der Waals surface area contributed by atoms with Crippen molar-refractivity contribution < 1.29 is 19.1 Å². The molecule has 3 rings (SSSR count). The summed E-state index contributed by atoms with van der Waals surface area (Å²) in [7, 11) is 0. The average molecular weight is 433 g/mol. The number of rotatable bonds is 6. The van der Waals surface area contributed by atoms with Crippen molar-refractivity contribution in [2.75, 3.05) is 37.8 Å². The number of benzene rings is 1. The van der Waals surface area contributed by atoms with Crippen LogP contribution in [0.3, 0.4) is 0 Å². The third-order valence-corrected chi connectivity index (χ3v) is 5.64. The van der Waals surface area contributed by atoms with Gasteiger partial charge in [0.15, 0.2) is 0 Å². The van der Waals surface area contributed by atoms with Crippen LogP contribution >= 0.6 is 11.6 Å². The van der Waals surface area contributed by atoms with E-state index in [2.05, 4.69) is 5.92 Å². The Labute approximate surface area is 183 Å². The van der Waals surface area contributed by atoms with Crippen molar-refractivity contribution in [3.63, 3.8) is 0 Å². The number of hydrogen-bond acceptors (Lipinski definition) is 4. The Hall–Kier alpha value is -2.23. The van der Waals surface area contributed by atoms with Crippen LogP contribution in [0.2, 0.25) is 5.02 Å². The number of halogens is 1. The summed E-state index contributed by atoms with van der Waals surface area (Å²) < 4.78 is 11.2. The molecule has 0 spiro atoms. The van der Waals surface area contributed by atoms with E-state index in [4.69, 9.17) is 27.5 Å². The van der Waals surface area contributed by atoms with E-state index in [1.807, 2.05) is 20.8 Å². The summed E-state index contributed by atoms with van der Waals surface area (Å²) in [6.45, 7) is 8.31. The molecule has 162 valence electrons. The highest BCUT2D eigenvalue weighted by molar-refractivity contribution is 6.32. The molecule has 1 saturated heterocycles. The minimum absolute atomic E-state index is 0.153. The maximum atomic E-state index is 13.5. The number of ether oxygens (including phenoxy) is 2. The Morgan fingerprint density at radius 1 is 1.33 bits per heavy atom. The largest absolute Gasteiger partial charge is 0.492 e. The highest BCUT2D eigenvalue weighted by Gasteiger charge is 2.42. The molecule has 2 aliphatic rings. The Morgan fingerprint density at radius 3 is 2.53 bits per heavy atom. The molecular formula is C23H29ClN2O4. The SMILES string of the molecule is C#CC(=O)N(c1ccc(OCC2CC2)c(Cl)c1)C(C(=O)N1CCOCC1)C(C)(C)C. The fraction of sp³-hybridized carbons (Fsp3) is 0.565. The predicted octanol–water partition coefficient (Wildman–Crippen LogP) is 3.37. The van der Waals surface area contributed by atoms with Gasteiger partial charge in [-0.2, -0.15) is 0 Å². The first-order valence-electron chi connectivity index (χ1n) is 10.3. The molecule has 0 aromatic heterocycles. The van der Waals surface area contributed by atoms with E-state index < -0.39 is 17.4 Å². The van der Waals surface area contributed by atoms with Gasteiger partial charge in [-0.3, -0.25) is 14.5 Å². The molecule has 1 aliphatic carbocycles. The van der Waals surface area contributed by atoms with Gasteiger partial charge in [0.25, 0.3) is 0 Å². The molecule has 0 N–H and O–H groups in total. The Morgan fingerprint density at radius 2 is 2.00 bits per heavy atom. The van der Waals surface area contributed by atoms with Crippen LogP contribution in [0.5, 0.6) is 5.75 Å². The third-order valence-electron chi connectivity index (χ3n) is 5.34. The molecule has 1 aromatic carbocycles. The van der Waals surface area contributed by atoms with Crippen molar-refractivity contribution in [2.45, 2.75) is 39.7 Å². The zero-order chi connectivity index (χ0) is 21.9. The van der Waals surface area contributed by atoms with Crippen LogP contribution in [0.1, 0.15) is 33.6 Å². The van der Waals surface area contributed by atoms with Gasteiger partial charge in [-0.1, -0.05) is 32.4 Å². The van der Waals surface area contributed by atoms with Crippen molar-refractivity contribution in [1.29, 1.82) is 0 Å². The second kappa shape index (κ2) is 9.28. The average Bonchev–Trinajstić information content (AvgIpc) is 3.54. The number of nitrogens with zero attached hydrogens (tertiary/aromatic N) is 2. The Kier molecular flexibility index (Phi) is 6.95. The quantitative estimate of drug-likeness (QED) is 0.647. The van der Waals surface area contributed by atoms with Gasteiger partial charge in [0, 0.05) is 18.8 Å². The first-order valence-corrected chi connectivity index (χ1v) is 10.7. The lowest BCUT2D eigenvalue weighted by molar-refractivity contribution is -0.140. The summed E-state index contributed by atoms with van der Waals surface area (Å²) >= 11 is 6.45. The van der Waals surface area contributed by atoms with Crippen LogP contribution in [0.4, 0.5) is 5.69 Å². The van der Waals surface area contributed by atoms with E-state index in [-0.39, 0.29) is 5.91 Å². The number of anilines is 1. The molecule has 0 bridgehead atoms. The Bertz CT molecular complexity index is 833. The van der Waals surface area contributed by atoms with Gasteiger partial charge in [-0.05, 0) is 48.3 Å². The summed E-state index contributed by atoms with van der Waals surface area (Å²) in [5.41, 5.74) is -0.0848. The van der Waals surface area contributed by atoms with Crippen molar-refractivity contribution in [3.05, 3.63) is 23.2 Å². The molecule has 1 unspecified atom stereocenters. The zero-order valence-electron chi connectivity index (χ0n) is 17.8. The summed E-state index contributed by atoms with van der Waals surface area (Å²) in [6.07, 6.45) is 7.84. The van der Waals surface area contributed by atoms with Gasteiger partial charge >= 0.3 is 5.91 Å². The lowest BCUT2D eigenvalue weighted by Crippen LogP contribution is -2.58. The van der Waals surface area contributed by atoms with E-state index in [1.165, 1.54) is 17.7 Å².